The second-order valence-electron chi connectivity index (χ2n) is 8.86. The van der Waals surface area contributed by atoms with Gasteiger partial charge in [0.1, 0.15) is 21.3 Å². The van der Waals surface area contributed by atoms with Gasteiger partial charge >= 0.3 is 6.09 Å². The summed E-state index contributed by atoms with van der Waals surface area (Å²) in [5, 5.41) is 0.0371. The van der Waals surface area contributed by atoms with Gasteiger partial charge in [-0.1, -0.05) is 18.2 Å². The van der Waals surface area contributed by atoms with Crippen LogP contribution in [0.4, 0.5) is 4.79 Å². The maximum absolute atomic E-state index is 12.3. The van der Waals surface area contributed by atoms with Gasteiger partial charge in [0.25, 0.3) is 0 Å². The summed E-state index contributed by atoms with van der Waals surface area (Å²) in [5.41, 5.74) is 2.39. The average molecular weight is 595 g/mol. The van der Waals surface area contributed by atoms with E-state index in [1.165, 1.54) is 11.1 Å². The van der Waals surface area contributed by atoms with Crippen LogP contribution in [-0.4, -0.2) is 74.9 Å². The van der Waals surface area contributed by atoms with Crippen molar-refractivity contribution in [2.24, 2.45) is 0 Å². The molecule has 2 radical (unpaired) electrons. The van der Waals surface area contributed by atoms with Crippen molar-refractivity contribution in [3.8, 4) is 17.2 Å². The van der Waals surface area contributed by atoms with Crippen LogP contribution in [0.25, 0.3) is 0 Å². The number of benzene rings is 2. The van der Waals surface area contributed by atoms with Gasteiger partial charge in [0.05, 0.1) is 14.2 Å². The summed E-state index contributed by atoms with van der Waals surface area (Å²) in [4.78, 5) is 16.1. The summed E-state index contributed by atoms with van der Waals surface area (Å²) in [6.45, 7) is 1.55. The number of nitrogens with one attached hydrogen (secondary N) is 3. The molecule has 1 heterocycles. The number of amides is 1. The Bertz CT molecular complexity index is 1090. The molecule has 1 aliphatic rings. The Morgan fingerprint density at radius 3 is 2.64 bits per heavy atom. The number of hydrogen-bond acceptors (Lipinski definition) is 8. The van der Waals surface area contributed by atoms with Crippen molar-refractivity contribution < 1.29 is 27.7 Å². The van der Waals surface area contributed by atoms with Crippen LogP contribution in [0.2, 0.25) is 0 Å². The summed E-state index contributed by atoms with van der Waals surface area (Å²) in [5.74, 6) is 2.24. The Morgan fingerprint density at radius 2 is 1.90 bits per heavy atom. The summed E-state index contributed by atoms with van der Waals surface area (Å²) >= 11 is 2.99. The Hall–Kier alpha value is -2.02. The molecule has 0 bridgehead atoms. The van der Waals surface area contributed by atoms with Gasteiger partial charge < -0.3 is 28.6 Å². The number of aryl methyl sites for hydroxylation is 2. The molecule has 1 amide bonds. The maximum Gasteiger partial charge on any atom is 0.413 e. The molecule has 0 aliphatic carbocycles. The summed E-state index contributed by atoms with van der Waals surface area (Å²) in [6.07, 6.45) is 3.03. The largest absolute Gasteiger partial charge is 0.493 e. The molecule has 1 saturated heterocycles. The van der Waals surface area contributed by atoms with Crippen LogP contribution >= 0.6 is 21.6 Å². The highest BCUT2D eigenvalue weighted by Gasteiger charge is 2.34. The third-order valence-corrected chi connectivity index (χ3v) is 7.82. The van der Waals surface area contributed by atoms with Gasteiger partial charge in [0.15, 0.2) is 30.7 Å². The first kappa shape index (κ1) is 31.5. The van der Waals surface area contributed by atoms with Gasteiger partial charge in [-0.15, -0.1) is 0 Å². The number of methoxy groups -OCH3 is 2. The zero-order chi connectivity index (χ0) is 28.0. The second kappa shape index (κ2) is 16.9. The number of ether oxygens (including phenoxy) is 3. The molecule has 4 atom stereocenters. The minimum atomic E-state index is -1.48. The van der Waals surface area contributed by atoms with Crippen LogP contribution in [0.5, 0.6) is 17.2 Å². The van der Waals surface area contributed by atoms with Crippen LogP contribution in [0.15, 0.2) is 42.5 Å². The lowest BCUT2D eigenvalue weighted by atomic mass is 10.0. The molecule has 0 saturated carbocycles. The standard InChI is InChI=1S/C25H36BN4O6PS2/c1-33-23-10-9-19(14-24(23)34-2)6-3-5-18-7-4-8-21(13-18)35-12-11-27-39(32)28-16-20-15-22(38)17-30(20)25(31)36-37-29-26/h4,7-10,13-14,20,22,27-29,37-38H,3,5-6,11-12,15-17H2,1-2H3/t20-,22-,39?/m0/s1. The Balaban J connectivity index is 1.34. The van der Waals surface area contributed by atoms with Crippen molar-refractivity contribution in [1.29, 1.82) is 0 Å². The highest BCUT2D eigenvalue weighted by Crippen LogP contribution is 2.28. The van der Waals surface area contributed by atoms with Crippen LogP contribution in [0.1, 0.15) is 24.0 Å². The number of hydrogen-bond donors (Lipinski definition) is 4. The van der Waals surface area contributed by atoms with E-state index in [0.717, 1.165) is 36.5 Å². The molecule has 39 heavy (non-hydrogen) atoms. The summed E-state index contributed by atoms with van der Waals surface area (Å²) in [6, 6.07) is 13.8. The van der Waals surface area contributed by atoms with E-state index < -0.39 is 17.3 Å². The van der Waals surface area contributed by atoms with E-state index in [0.29, 0.717) is 32.7 Å². The fourth-order valence-corrected chi connectivity index (χ4v) is 5.69. The quantitative estimate of drug-likeness (QED) is 0.102. The number of nitrogens with zero attached hydrogens (tertiary/aromatic N) is 1. The highest BCUT2D eigenvalue weighted by molar-refractivity contribution is 7.81. The Morgan fingerprint density at radius 1 is 1.13 bits per heavy atom. The molecule has 2 unspecified atom stereocenters. The number of rotatable bonds is 16. The fraction of sp³-hybridized carbons (Fsp3) is 0.480. The lowest BCUT2D eigenvalue weighted by Crippen LogP contribution is -2.44. The van der Waals surface area contributed by atoms with Gasteiger partial charge in [0, 0.05) is 30.9 Å². The van der Waals surface area contributed by atoms with Crippen molar-refractivity contribution in [3.05, 3.63) is 53.6 Å². The Kier molecular flexibility index (Phi) is 13.7. The first-order valence-corrected chi connectivity index (χ1v) is 15.2. The zero-order valence-corrected chi connectivity index (χ0v) is 24.9. The first-order valence-electron chi connectivity index (χ1n) is 12.6. The molecule has 3 N–H and O–H groups in total. The van der Waals surface area contributed by atoms with Crippen LogP contribution in [-0.2, 0) is 28.5 Å². The fourth-order valence-electron chi connectivity index (χ4n) is 4.29. The van der Waals surface area contributed by atoms with Crippen LogP contribution in [0, 0.1) is 0 Å². The highest BCUT2D eigenvalue weighted by atomic mass is 32.2. The van der Waals surface area contributed by atoms with Gasteiger partial charge in [0.2, 0.25) is 0 Å². The van der Waals surface area contributed by atoms with E-state index in [9.17, 15) is 9.00 Å². The van der Waals surface area contributed by atoms with E-state index in [-0.39, 0.29) is 20.3 Å². The summed E-state index contributed by atoms with van der Waals surface area (Å²) in [7, 11) is 8.12. The van der Waals surface area contributed by atoms with Gasteiger partial charge in [-0.3, -0.25) is 0 Å². The molecular weight excluding hydrogens is 558 g/mol. The number of carbonyl (C=O) groups is 1. The monoisotopic (exact) mass is 594 g/mol. The van der Waals surface area contributed by atoms with E-state index in [1.807, 2.05) is 30.3 Å². The Labute approximate surface area is 241 Å². The molecule has 2 aromatic rings. The van der Waals surface area contributed by atoms with Gasteiger partial charge in [-0.25, -0.2) is 18.4 Å². The number of thiol groups is 1. The number of carbonyl (C=O) groups excluding carboxylic acids is 1. The van der Waals surface area contributed by atoms with E-state index in [4.69, 9.17) is 26.7 Å². The predicted octanol–water partition coefficient (Wildman–Crippen LogP) is 2.71. The molecular formula is C25H36BN4O6PS2. The van der Waals surface area contributed by atoms with Gasteiger partial charge in [-0.05, 0) is 61.1 Å². The number of likely N-dealkylation sites (tertiary alicyclic amines) is 1. The third-order valence-electron chi connectivity index (χ3n) is 6.16. The normalized spacial score (nSPS) is 17.9. The van der Waals surface area contributed by atoms with E-state index in [2.05, 4.69) is 39.2 Å². The topological polar surface area (TPSA) is 110 Å². The minimum absolute atomic E-state index is 0.0371. The minimum Gasteiger partial charge on any atom is -0.493 e. The zero-order valence-electron chi connectivity index (χ0n) is 22.2. The van der Waals surface area contributed by atoms with Crippen LogP contribution in [0.3, 0.4) is 0 Å². The smallest absolute Gasteiger partial charge is 0.413 e. The van der Waals surface area contributed by atoms with Crippen molar-refractivity contribution in [1.82, 2.24) is 19.3 Å². The third kappa shape index (κ3) is 10.5. The van der Waals surface area contributed by atoms with Crippen molar-refractivity contribution in [3.63, 3.8) is 0 Å². The molecule has 14 heteroatoms. The predicted molar refractivity (Wildman–Crippen MR) is 159 cm³/mol. The molecule has 1 fully saturated rings. The molecule has 10 nitrogen and oxygen atoms in total. The molecule has 2 aromatic carbocycles. The first-order chi connectivity index (χ1) is 18.9. The lowest BCUT2D eigenvalue weighted by molar-refractivity contribution is 0.153. The maximum atomic E-state index is 12.3. The molecule has 0 aromatic heterocycles. The SMILES string of the molecule is [B]NPOC(=O)N1C[C@@H](S)C[C@H]1CNS(=O)NCCOc1cccc(CCCc2ccc(OC)c(OC)c2)c1. The van der Waals surface area contributed by atoms with E-state index >= 15 is 0 Å². The molecule has 1 aliphatic heterocycles. The average Bonchev–Trinajstić information content (AvgIpc) is 3.33. The molecule has 212 valence electrons. The van der Waals surface area contributed by atoms with Crippen molar-refractivity contribution in [2.75, 3.05) is 40.5 Å². The summed E-state index contributed by atoms with van der Waals surface area (Å²) < 4.78 is 39.7. The van der Waals surface area contributed by atoms with Crippen molar-refractivity contribution in [2.45, 2.75) is 37.0 Å². The molecule has 3 rings (SSSR count). The van der Waals surface area contributed by atoms with Crippen LogP contribution < -0.4 is 28.7 Å². The van der Waals surface area contributed by atoms with Crippen molar-refractivity contribution >= 4 is 46.8 Å². The van der Waals surface area contributed by atoms with Gasteiger partial charge in [-0.2, -0.15) is 12.6 Å². The lowest BCUT2D eigenvalue weighted by Gasteiger charge is -2.23. The second-order valence-corrected chi connectivity index (χ2v) is 11.4. The van der Waals surface area contributed by atoms with E-state index in [1.54, 1.807) is 19.1 Å². The molecule has 0 spiro atoms.